The van der Waals surface area contributed by atoms with E-state index in [0.29, 0.717) is 11.8 Å². The zero-order chi connectivity index (χ0) is 9.26. The Morgan fingerprint density at radius 2 is 2.23 bits per heavy atom. The predicted molar refractivity (Wildman–Crippen MR) is 54.3 cm³/mol. The molecule has 3 nitrogen and oxygen atoms in total. The first-order valence-electron chi connectivity index (χ1n) is 4.59. The van der Waals surface area contributed by atoms with Crippen molar-refractivity contribution in [2.75, 3.05) is 17.2 Å². The van der Waals surface area contributed by atoms with Gasteiger partial charge in [-0.3, -0.25) is 0 Å². The molecule has 0 radical (unpaired) electrons. The van der Waals surface area contributed by atoms with E-state index in [1.165, 1.54) is 0 Å². The van der Waals surface area contributed by atoms with Gasteiger partial charge in [0.15, 0.2) is 0 Å². The topological polar surface area (TPSA) is 44.3 Å². The Labute approximate surface area is 77.8 Å². The van der Waals surface area contributed by atoms with Crippen molar-refractivity contribution in [3.05, 3.63) is 18.2 Å². The van der Waals surface area contributed by atoms with Crippen molar-refractivity contribution in [3.63, 3.8) is 0 Å². The van der Waals surface area contributed by atoms with Gasteiger partial charge in [-0.2, -0.15) is 0 Å². The second kappa shape index (κ2) is 3.17. The Balaban J connectivity index is 2.35. The standard InChI is InChI=1S/C10H14N2O/c1-7-4-5-11-9-3-2-8(13)6-10(9)12-7/h2-3,6-7,11-13H,4-5H2,1H3. The lowest BCUT2D eigenvalue weighted by molar-refractivity contribution is 0.475. The fourth-order valence-corrected chi connectivity index (χ4v) is 1.57. The van der Waals surface area contributed by atoms with Gasteiger partial charge in [-0.05, 0) is 25.5 Å². The molecule has 0 fully saturated rings. The number of fused-ring (bicyclic) bond motifs is 1. The van der Waals surface area contributed by atoms with Gasteiger partial charge in [-0.1, -0.05) is 0 Å². The van der Waals surface area contributed by atoms with Gasteiger partial charge in [0.05, 0.1) is 11.4 Å². The lowest BCUT2D eigenvalue weighted by atomic mass is 10.2. The Kier molecular flexibility index (Phi) is 2.00. The van der Waals surface area contributed by atoms with Crippen molar-refractivity contribution in [2.45, 2.75) is 19.4 Å². The Morgan fingerprint density at radius 1 is 1.38 bits per heavy atom. The lowest BCUT2D eigenvalue weighted by Crippen LogP contribution is -2.14. The molecule has 1 unspecified atom stereocenters. The van der Waals surface area contributed by atoms with E-state index in [9.17, 15) is 5.11 Å². The van der Waals surface area contributed by atoms with Gasteiger partial charge < -0.3 is 15.7 Å². The molecule has 70 valence electrons. The van der Waals surface area contributed by atoms with Crippen LogP contribution in [0.1, 0.15) is 13.3 Å². The summed E-state index contributed by atoms with van der Waals surface area (Å²) in [5, 5.41) is 15.9. The van der Waals surface area contributed by atoms with E-state index in [1.807, 2.05) is 6.07 Å². The van der Waals surface area contributed by atoms with E-state index >= 15 is 0 Å². The minimum absolute atomic E-state index is 0.308. The van der Waals surface area contributed by atoms with Crippen molar-refractivity contribution in [1.29, 1.82) is 0 Å². The molecule has 2 rings (SSSR count). The Bertz CT molecular complexity index is 312. The molecule has 1 aliphatic heterocycles. The van der Waals surface area contributed by atoms with E-state index < -0.39 is 0 Å². The average molecular weight is 178 g/mol. The fourth-order valence-electron chi connectivity index (χ4n) is 1.57. The van der Waals surface area contributed by atoms with E-state index in [-0.39, 0.29) is 0 Å². The second-order valence-corrected chi connectivity index (χ2v) is 3.49. The molecule has 0 aromatic heterocycles. The van der Waals surface area contributed by atoms with Crippen molar-refractivity contribution in [3.8, 4) is 5.75 Å². The van der Waals surface area contributed by atoms with Crippen LogP contribution < -0.4 is 10.6 Å². The molecule has 1 aliphatic rings. The molecule has 1 atom stereocenters. The van der Waals surface area contributed by atoms with Gasteiger partial charge in [-0.25, -0.2) is 0 Å². The fraction of sp³-hybridized carbons (Fsp3) is 0.400. The van der Waals surface area contributed by atoms with Crippen molar-refractivity contribution >= 4 is 11.4 Å². The third-order valence-corrected chi connectivity index (χ3v) is 2.30. The molecule has 0 bridgehead atoms. The highest BCUT2D eigenvalue weighted by Crippen LogP contribution is 2.28. The average Bonchev–Trinajstić information content (AvgIpc) is 2.25. The third-order valence-electron chi connectivity index (χ3n) is 2.30. The van der Waals surface area contributed by atoms with Crippen molar-refractivity contribution in [1.82, 2.24) is 0 Å². The van der Waals surface area contributed by atoms with Crippen LogP contribution in [0.15, 0.2) is 18.2 Å². The number of hydrogen-bond donors (Lipinski definition) is 3. The van der Waals surface area contributed by atoms with Crippen LogP contribution in [0, 0.1) is 0 Å². The number of anilines is 2. The number of phenols is 1. The molecule has 3 N–H and O–H groups in total. The lowest BCUT2D eigenvalue weighted by Gasteiger charge is -2.11. The highest BCUT2D eigenvalue weighted by atomic mass is 16.3. The Morgan fingerprint density at radius 3 is 3.08 bits per heavy atom. The maximum Gasteiger partial charge on any atom is 0.117 e. The summed E-state index contributed by atoms with van der Waals surface area (Å²) in [4.78, 5) is 0. The molecule has 3 heteroatoms. The number of hydrogen-bond acceptors (Lipinski definition) is 3. The number of phenolic OH excluding ortho intramolecular Hbond substituents is 1. The second-order valence-electron chi connectivity index (χ2n) is 3.49. The summed E-state index contributed by atoms with van der Waals surface area (Å²) in [5.74, 6) is 0.308. The van der Waals surface area contributed by atoms with Gasteiger partial charge in [-0.15, -0.1) is 0 Å². The summed E-state index contributed by atoms with van der Waals surface area (Å²) in [7, 11) is 0. The number of aromatic hydroxyl groups is 1. The molecule has 0 saturated heterocycles. The maximum absolute atomic E-state index is 9.30. The summed E-state index contributed by atoms with van der Waals surface area (Å²) in [6.07, 6.45) is 1.09. The van der Waals surface area contributed by atoms with Crippen LogP contribution in [-0.2, 0) is 0 Å². The number of nitrogens with one attached hydrogen (secondary N) is 2. The monoisotopic (exact) mass is 178 g/mol. The molecule has 1 aromatic rings. The van der Waals surface area contributed by atoms with Crippen LogP contribution in [0.2, 0.25) is 0 Å². The molecule has 1 heterocycles. The van der Waals surface area contributed by atoms with Crippen LogP contribution >= 0.6 is 0 Å². The van der Waals surface area contributed by atoms with Crippen LogP contribution in [-0.4, -0.2) is 17.7 Å². The van der Waals surface area contributed by atoms with Gasteiger partial charge in [0, 0.05) is 18.7 Å². The number of rotatable bonds is 0. The Hall–Kier alpha value is -1.38. The zero-order valence-electron chi connectivity index (χ0n) is 7.67. The van der Waals surface area contributed by atoms with Gasteiger partial charge in [0.25, 0.3) is 0 Å². The molecular weight excluding hydrogens is 164 g/mol. The third kappa shape index (κ3) is 1.69. The molecule has 0 aliphatic carbocycles. The first-order chi connectivity index (χ1) is 6.25. The molecule has 13 heavy (non-hydrogen) atoms. The molecule has 0 saturated carbocycles. The highest BCUT2D eigenvalue weighted by molar-refractivity contribution is 5.71. The van der Waals surface area contributed by atoms with Crippen LogP contribution in [0.5, 0.6) is 5.75 Å². The molecule has 1 aromatic carbocycles. The van der Waals surface area contributed by atoms with Gasteiger partial charge in [0.2, 0.25) is 0 Å². The van der Waals surface area contributed by atoms with E-state index in [1.54, 1.807) is 12.1 Å². The zero-order valence-corrected chi connectivity index (χ0v) is 7.67. The molecular formula is C10H14N2O. The molecule has 0 amide bonds. The van der Waals surface area contributed by atoms with Gasteiger partial charge in [0.1, 0.15) is 5.75 Å². The SMILES string of the molecule is CC1CCNc2ccc(O)cc2N1. The van der Waals surface area contributed by atoms with E-state index in [2.05, 4.69) is 17.6 Å². The van der Waals surface area contributed by atoms with Crippen LogP contribution in [0.4, 0.5) is 11.4 Å². The summed E-state index contributed by atoms with van der Waals surface area (Å²) in [6, 6.07) is 5.80. The smallest absolute Gasteiger partial charge is 0.117 e. The van der Waals surface area contributed by atoms with E-state index in [4.69, 9.17) is 0 Å². The number of benzene rings is 1. The summed E-state index contributed by atoms with van der Waals surface area (Å²) < 4.78 is 0. The summed E-state index contributed by atoms with van der Waals surface area (Å²) in [5.41, 5.74) is 2.06. The van der Waals surface area contributed by atoms with Crippen molar-refractivity contribution < 1.29 is 5.11 Å². The quantitative estimate of drug-likeness (QED) is 0.532. The summed E-state index contributed by atoms with van der Waals surface area (Å²) >= 11 is 0. The minimum Gasteiger partial charge on any atom is -0.508 e. The maximum atomic E-state index is 9.30. The van der Waals surface area contributed by atoms with Crippen molar-refractivity contribution in [2.24, 2.45) is 0 Å². The van der Waals surface area contributed by atoms with Gasteiger partial charge >= 0.3 is 0 Å². The largest absolute Gasteiger partial charge is 0.508 e. The van der Waals surface area contributed by atoms with Crippen LogP contribution in [0.3, 0.4) is 0 Å². The first-order valence-corrected chi connectivity index (χ1v) is 4.59. The van der Waals surface area contributed by atoms with E-state index in [0.717, 1.165) is 24.3 Å². The normalized spacial score (nSPS) is 20.8. The first kappa shape index (κ1) is 8.23. The summed E-state index contributed by atoms with van der Waals surface area (Å²) in [6.45, 7) is 3.12. The predicted octanol–water partition coefficient (Wildman–Crippen LogP) is 2.01. The van der Waals surface area contributed by atoms with Crippen LogP contribution in [0.25, 0.3) is 0 Å². The minimum atomic E-state index is 0.308. The highest BCUT2D eigenvalue weighted by Gasteiger charge is 2.11. The molecule has 0 spiro atoms.